The molecule has 0 aliphatic carbocycles. The lowest BCUT2D eigenvalue weighted by molar-refractivity contribution is -0.139. The number of carboxylic acids is 2. The Hall–Kier alpha value is -2.27. The van der Waals surface area contributed by atoms with E-state index in [1.54, 1.807) is 0 Å². The molecule has 0 rings (SSSR count). The molecular formula is C14H24O10. The average Bonchev–Trinajstić information content (AvgIpc) is 2.57. The monoisotopic (exact) mass is 352 g/mol. The molecule has 0 amide bonds. The van der Waals surface area contributed by atoms with Gasteiger partial charge in [0.15, 0.2) is 0 Å². The molecule has 0 spiro atoms. The molecule has 0 aromatic heterocycles. The first-order valence-corrected chi connectivity index (χ1v) is 6.36. The van der Waals surface area contributed by atoms with Crippen molar-refractivity contribution in [1.29, 1.82) is 0 Å². The Labute approximate surface area is 138 Å². The predicted octanol–water partition coefficient (Wildman–Crippen LogP) is -1.61. The SMILES string of the molecule is C=C(CC(=O)O)C(=O)O.C=CC(=O)OC.OCC(CO)(CO)CO. The van der Waals surface area contributed by atoms with Gasteiger partial charge < -0.3 is 35.4 Å². The van der Waals surface area contributed by atoms with Crippen LogP contribution in [-0.2, 0) is 19.1 Å². The maximum absolute atomic E-state index is 9.87. The number of rotatable bonds is 8. The van der Waals surface area contributed by atoms with Gasteiger partial charge in [-0.15, -0.1) is 0 Å². The van der Waals surface area contributed by atoms with Crippen molar-refractivity contribution in [2.45, 2.75) is 6.42 Å². The molecule has 0 saturated carbocycles. The summed E-state index contributed by atoms with van der Waals surface area (Å²) >= 11 is 0. The molecule has 0 fully saturated rings. The molecule has 0 bridgehead atoms. The lowest BCUT2D eigenvalue weighted by atomic mass is 9.93. The van der Waals surface area contributed by atoms with Crippen molar-refractivity contribution in [3.8, 4) is 0 Å². The summed E-state index contributed by atoms with van der Waals surface area (Å²) in [4.78, 5) is 29.5. The third-order valence-corrected chi connectivity index (χ3v) is 2.38. The molecule has 0 heterocycles. The minimum Gasteiger partial charge on any atom is -0.481 e. The first-order chi connectivity index (χ1) is 11.1. The van der Waals surface area contributed by atoms with Gasteiger partial charge in [0.1, 0.15) is 0 Å². The van der Waals surface area contributed by atoms with Crippen LogP contribution < -0.4 is 0 Å². The Kier molecular flexibility index (Phi) is 17.3. The maximum Gasteiger partial charge on any atom is 0.331 e. The summed E-state index contributed by atoms with van der Waals surface area (Å²) in [6.45, 7) is 4.55. The highest BCUT2D eigenvalue weighted by molar-refractivity contribution is 5.91. The third-order valence-electron chi connectivity index (χ3n) is 2.38. The summed E-state index contributed by atoms with van der Waals surface area (Å²) in [6.07, 6.45) is 0.606. The van der Waals surface area contributed by atoms with E-state index in [4.69, 9.17) is 30.6 Å². The average molecular weight is 352 g/mol. The lowest BCUT2D eigenvalue weighted by Gasteiger charge is -2.23. The van der Waals surface area contributed by atoms with Crippen LogP contribution in [0.1, 0.15) is 6.42 Å². The van der Waals surface area contributed by atoms with Crippen molar-refractivity contribution in [2.24, 2.45) is 5.41 Å². The number of carbonyl (C=O) groups excluding carboxylic acids is 1. The van der Waals surface area contributed by atoms with E-state index in [0.717, 1.165) is 6.08 Å². The lowest BCUT2D eigenvalue weighted by Crippen LogP contribution is -2.37. The van der Waals surface area contributed by atoms with Crippen molar-refractivity contribution in [1.82, 2.24) is 0 Å². The van der Waals surface area contributed by atoms with Crippen LogP contribution in [0.2, 0.25) is 0 Å². The van der Waals surface area contributed by atoms with Crippen molar-refractivity contribution < 1.29 is 49.8 Å². The standard InChI is InChI=1S/C5H12O4.C5H6O4.C4H6O2/c6-1-5(2-7,3-8)4-9;1-3(5(8)9)2-4(6)7;1-3-4(5)6-2/h6-9H,1-4H2;1-2H2,(H,6,7)(H,8,9);3H,1H2,2H3. The van der Waals surface area contributed by atoms with Gasteiger partial charge in [0.2, 0.25) is 0 Å². The summed E-state index contributed by atoms with van der Waals surface area (Å²) in [7, 11) is 1.31. The van der Waals surface area contributed by atoms with Crippen LogP contribution in [0.5, 0.6) is 0 Å². The van der Waals surface area contributed by atoms with Crippen LogP contribution in [0.3, 0.4) is 0 Å². The minimum atomic E-state index is -1.27. The highest BCUT2D eigenvalue weighted by Gasteiger charge is 2.26. The summed E-state index contributed by atoms with van der Waals surface area (Å²) in [5, 5.41) is 50.1. The maximum atomic E-state index is 9.87. The van der Waals surface area contributed by atoms with Crippen LogP contribution in [0, 0.1) is 5.41 Å². The first-order valence-electron chi connectivity index (χ1n) is 6.36. The molecule has 0 atom stereocenters. The Morgan fingerprint density at radius 1 is 1.00 bits per heavy atom. The number of aliphatic hydroxyl groups is 4. The van der Waals surface area contributed by atoms with Crippen LogP contribution in [0.4, 0.5) is 0 Å². The molecule has 140 valence electrons. The number of methoxy groups -OCH3 is 1. The number of aliphatic carboxylic acids is 2. The molecule has 0 aromatic rings. The normalized spacial score (nSPS) is 9.38. The van der Waals surface area contributed by atoms with Crippen molar-refractivity contribution in [3.63, 3.8) is 0 Å². The second kappa shape index (κ2) is 15.6. The Morgan fingerprint density at radius 2 is 1.38 bits per heavy atom. The van der Waals surface area contributed by atoms with E-state index in [0.29, 0.717) is 0 Å². The van der Waals surface area contributed by atoms with E-state index in [1.165, 1.54) is 7.11 Å². The largest absolute Gasteiger partial charge is 0.481 e. The molecule has 24 heavy (non-hydrogen) atoms. The number of carboxylic acid groups (broad SMARTS) is 2. The fraction of sp³-hybridized carbons (Fsp3) is 0.500. The quantitative estimate of drug-likeness (QED) is 0.219. The number of hydrogen-bond acceptors (Lipinski definition) is 8. The Morgan fingerprint density at radius 3 is 1.42 bits per heavy atom. The molecule has 0 aliphatic rings. The zero-order chi connectivity index (χ0) is 19.8. The van der Waals surface area contributed by atoms with E-state index >= 15 is 0 Å². The Balaban J connectivity index is -0.000000282. The van der Waals surface area contributed by atoms with Crippen LogP contribution >= 0.6 is 0 Å². The van der Waals surface area contributed by atoms with Gasteiger partial charge in [-0.3, -0.25) is 4.79 Å². The van der Waals surface area contributed by atoms with Gasteiger partial charge in [0, 0.05) is 11.6 Å². The van der Waals surface area contributed by atoms with E-state index in [1.807, 2.05) is 0 Å². The van der Waals surface area contributed by atoms with Gasteiger partial charge in [-0.2, -0.15) is 0 Å². The van der Waals surface area contributed by atoms with E-state index in [9.17, 15) is 14.4 Å². The minimum absolute atomic E-state index is 0.303. The van der Waals surface area contributed by atoms with Crippen LogP contribution in [-0.4, -0.2) is 82.1 Å². The van der Waals surface area contributed by atoms with E-state index in [-0.39, 0.29) is 5.57 Å². The van der Waals surface area contributed by atoms with E-state index in [2.05, 4.69) is 17.9 Å². The predicted molar refractivity (Wildman–Crippen MR) is 82.0 cm³/mol. The number of carbonyl (C=O) groups is 3. The van der Waals surface area contributed by atoms with Crippen LogP contribution in [0.15, 0.2) is 24.8 Å². The highest BCUT2D eigenvalue weighted by Crippen LogP contribution is 2.11. The van der Waals surface area contributed by atoms with Gasteiger partial charge in [-0.1, -0.05) is 13.2 Å². The van der Waals surface area contributed by atoms with Gasteiger partial charge in [-0.25, -0.2) is 9.59 Å². The molecular weight excluding hydrogens is 328 g/mol. The van der Waals surface area contributed by atoms with Crippen LogP contribution in [0.25, 0.3) is 0 Å². The van der Waals surface area contributed by atoms with Gasteiger partial charge in [-0.05, 0) is 0 Å². The fourth-order valence-corrected chi connectivity index (χ4v) is 0.641. The van der Waals surface area contributed by atoms with Gasteiger partial charge in [0.05, 0.1) is 45.4 Å². The molecule has 0 radical (unpaired) electrons. The topological polar surface area (TPSA) is 182 Å². The number of ether oxygens (including phenoxy) is 1. The van der Waals surface area contributed by atoms with Crippen molar-refractivity contribution >= 4 is 17.9 Å². The van der Waals surface area contributed by atoms with E-state index < -0.39 is 56.2 Å². The summed E-state index contributed by atoms with van der Waals surface area (Å²) < 4.78 is 4.14. The van der Waals surface area contributed by atoms with Crippen molar-refractivity contribution in [2.75, 3.05) is 33.5 Å². The third kappa shape index (κ3) is 14.7. The molecule has 0 aliphatic heterocycles. The molecule has 0 unspecified atom stereocenters. The van der Waals surface area contributed by atoms with Gasteiger partial charge in [0.25, 0.3) is 0 Å². The number of hydrogen-bond donors (Lipinski definition) is 6. The van der Waals surface area contributed by atoms with Gasteiger partial charge >= 0.3 is 17.9 Å². The molecule has 10 heteroatoms. The molecule has 10 nitrogen and oxygen atoms in total. The molecule has 0 saturated heterocycles. The summed E-state index contributed by atoms with van der Waals surface area (Å²) in [6, 6.07) is 0. The summed E-state index contributed by atoms with van der Waals surface area (Å²) in [5.41, 5.74) is -1.41. The molecule has 6 N–H and O–H groups in total. The first kappa shape index (κ1) is 26.6. The van der Waals surface area contributed by atoms with Crippen molar-refractivity contribution in [3.05, 3.63) is 24.8 Å². The zero-order valence-electron chi connectivity index (χ0n) is 13.3. The highest BCUT2D eigenvalue weighted by atomic mass is 16.5. The second-order valence-corrected chi connectivity index (χ2v) is 4.34. The summed E-state index contributed by atoms with van der Waals surface area (Å²) in [5.74, 6) is -2.84. The smallest absolute Gasteiger partial charge is 0.331 e. The molecule has 0 aromatic carbocycles. The second-order valence-electron chi connectivity index (χ2n) is 4.34. The zero-order valence-corrected chi connectivity index (χ0v) is 13.3. The Bertz CT molecular complexity index is 394. The number of aliphatic hydroxyl groups excluding tert-OH is 4. The fourth-order valence-electron chi connectivity index (χ4n) is 0.641. The number of esters is 1.